The van der Waals surface area contributed by atoms with Crippen LogP contribution in [0.25, 0.3) is 0 Å². The van der Waals surface area contributed by atoms with Gasteiger partial charge in [-0.2, -0.15) is 0 Å². The van der Waals surface area contributed by atoms with Gasteiger partial charge < -0.3 is 9.84 Å². The van der Waals surface area contributed by atoms with E-state index < -0.39 is 0 Å². The van der Waals surface area contributed by atoms with Gasteiger partial charge >= 0.3 is 0 Å². The third kappa shape index (κ3) is 3.08. The summed E-state index contributed by atoms with van der Waals surface area (Å²) < 4.78 is 5.80. The van der Waals surface area contributed by atoms with Crippen LogP contribution in [0.15, 0.2) is 42.5 Å². The van der Waals surface area contributed by atoms with Gasteiger partial charge in [-0.25, -0.2) is 4.98 Å². The number of ether oxygens (including phenoxy) is 1. The molecule has 0 radical (unpaired) electrons. The number of aliphatic hydroxyl groups excluding tert-OH is 1. The van der Waals surface area contributed by atoms with E-state index in [9.17, 15) is 0 Å². The standard InChI is InChI=1S/C15H17NO2/c1-11-8-13(10-17)9-15(16-11)18-12(2)14-6-4-3-5-7-14/h3-9,12,17H,10H2,1-2H3. The van der Waals surface area contributed by atoms with E-state index in [-0.39, 0.29) is 12.7 Å². The third-order valence-electron chi connectivity index (χ3n) is 2.74. The maximum atomic E-state index is 9.15. The maximum Gasteiger partial charge on any atom is 0.214 e. The van der Waals surface area contributed by atoms with E-state index >= 15 is 0 Å². The molecule has 0 fully saturated rings. The molecule has 1 atom stereocenters. The zero-order valence-electron chi connectivity index (χ0n) is 10.6. The molecular weight excluding hydrogens is 226 g/mol. The number of benzene rings is 1. The Morgan fingerprint density at radius 1 is 1.22 bits per heavy atom. The van der Waals surface area contributed by atoms with E-state index in [0.717, 1.165) is 16.8 Å². The van der Waals surface area contributed by atoms with Gasteiger partial charge in [0.25, 0.3) is 0 Å². The first-order chi connectivity index (χ1) is 8.69. The minimum atomic E-state index is -0.0629. The highest BCUT2D eigenvalue weighted by molar-refractivity contribution is 5.25. The largest absolute Gasteiger partial charge is 0.470 e. The number of aryl methyl sites for hydroxylation is 1. The lowest BCUT2D eigenvalue weighted by atomic mass is 10.1. The summed E-state index contributed by atoms with van der Waals surface area (Å²) in [6.45, 7) is 3.87. The zero-order chi connectivity index (χ0) is 13.0. The Morgan fingerprint density at radius 2 is 1.94 bits per heavy atom. The Kier molecular flexibility index (Phi) is 3.95. The number of aliphatic hydroxyl groups is 1. The van der Waals surface area contributed by atoms with Crippen LogP contribution in [0.5, 0.6) is 5.88 Å². The Morgan fingerprint density at radius 3 is 2.61 bits per heavy atom. The predicted molar refractivity (Wildman–Crippen MR) is 70.4 cm³/mol. The van der Waals surface area contributed by atoms with E-state index in [1.54, 1.807) is 6.07 Å². The van der Waals surface area contributed by atoms with Crippen molar-refractivity contribution in [3.8, 4) is 5.88 Å². The molecule has 0 spiro atoms. The van der Waals surface area contributed by atoms with Crippen molar-refractivity contribution in [2.75, 3.05) is 0 Å². The normalized spacial score (nSPS) is 12.2. The Labute approximate surface area is 107 Å². The van der Waals surface area contributed by atoms with Crippen molar-refractivity contribution < 1.29 is 9.84 Å². The minimum Gasteiger partial charge on any atom is -0.470 e. The van der Waals surface area contributed by atoms with Crippen molar-refractivity contribution in [3.05, 3.63) is 59.3 Å². The molecule has 0 aliphatic rings. The van der Waals surface area contributed by atoms with Crippen LogP contribution in [0.2, 0.25) is 0 Å². The van der Waals surface area contributed by atoms with Crippen LogP contribution in [0.3, 0.4) is 0 Å². The lowest BCUT2D eigenvalue weighted by Gasteiger charge is -2.15. The molecule has 1 heterocycles. The van der Waals surface area contributed by atoms with Crippen LogP contribution in [0.4, 0.5) is 0 Å². The second-order valence-corrected chi connectivity index (χ2v) is 4.28. The summed E-state index contributed by atoms with van der Waals surface area (Å²) in [7, 11) is 0. The molecule has 94 valence electrons. The molecule has 3 nitrogen and oxygen atoms in total. The highest BCUT2D eigenvalue weighted by Crippen LogP contribution is 2.21. The van der Waals surface area contributed by atoms with Gasteiger partial charge in [-0.05, 0) is 31.0 Å². The topological polar surface area (TPSA) is 42.4 Å². The number of nitrogens with zero attached hydrogens (tertiary/aromatic N) is 1. The molecule has 2 aromatic rings. The molecule has 0 bridgehead atoms. The van der Waals surface area contributed by atoms with Crippen molar-refractivity contribution in [1.82, 2.24) is 4.98 Å². The number of rotatable bonds is 4. The van der Waals surface area contributed by atoms with Gasteiger partial charge in [0.15, 0.2) is 0 Å². The van der Waals surface area contributed by atoms with Crippen molar-refractivity contribution in [1.29, 1.82) is 0 Å². The number of hydrogen-bond acceptors (Lipinski definition) is 3. The summed E-state index contributed by atoms with van der Waals surface area (Å²) in [5.74, 6) is 0.551. The minimum absolute atomic E-state index is 0.000558. The molecule has 0 aliphatic carbocycles. The third-order valence-corrected chi connectivity index (χ3v) is 2.74. The molecule has 0 saturated carbocycles. The second kappa shape index (κ2) is 5.65. The Bertz CT molecular complexity index is 511. The first kappa shape index (κ1) is 12.6. The molecular formula is C15H17NO2. The highest BCUT2D eigenvalue weighted by atomic mass is 16.5. The molecule has 1 aromatic carbocycles. The average Bonchev–Trinajstić information content (AvgIpc) is 2.39. The monoisotopic (exact) mass is 243 g/mol. The highest BCUT2D eigenvalue weighted by Gasteiger charge is 2.08. The summed E-state index contributed by atoms with van der Waals surface area (Å²) in [4.78, 5) is 4.31. The molecule has 0 aliphatic heterocycles. The Balaban J connectivity index is 2.16. The van der Waals surface area contributed by atoms with Crippen LogP contribution in [0.1, 0.15) is 29.8 Å². The van der Waals surface area contributed by atoms with E-state index in [4.69, 9.17) is 9.84 Å². The lowest BCUT2D eigenvalue weighted by Crippen LogP contribution is -2.05. The molecule has 0 amide bonds. The van der Waals surface area contributed by atoms with Crippen LogP contribution in [0, 0.1) is 6.92 Å². The SMILES string of the molecule is Cc1cc(CO)cc(OC(C)c2ccccc2)n1. The summed E-state index contributed by atoms with van der Waals surface area (Å²) in [6.07, 6.45) is -0.0629. The second-order valence-electron chi connectivity index (χ2n) is 4.28. The predicted octanol–water partition coefficient (Wildman–Crippen LogP) is 3.02. The first-order valence-corrected chi connectivity index (χ1v) is 5.99. The van der Waals surface area contributed by atoms with E-state index in [1.807, 2.05) is 50.2 Å². The van der Waals surface area contributed by atoms with Gasteiger partial charge in [0.2, 0.25) is 5.88 Å². The van der Waals surface area contributed by atoms with Crippen molar-refractivity contribution in [3.63, 3.8) is 0 Å². The van der Waals surface area contributed by atoms with Crippen molar-refractivity contribution in [2.45, 2.75) is 26.6 Å². The molecule has 18 heavy (non-hydrogen) atoms. The fraction of sp³-hybridized carbons (Fsp3) is 0.267. The van der Waals surface area contributed by atoms with Crippen LogP contribution in [-0.4, -0.2) is 10.1 Å². The molecule has 1 unspecified atom stereocenters. The molecule has 0 saturated heterocycles. The summed E-state index contributed by atoms with van der Waals surface area (Å²) >= 11 is 0. The quantitative estimate of drug-likeness (QED) is 0.897. The number of hydrogen-bond donors (Lipinski definition) is 1. The first-order valence-electron chi connectivity index (χ1n) is 5.99. The average molecular weight is 243 g/mol. The van der Waals surface area contributed by atoms with Gasteiger partial charge in [0, 0.05) is 11.8 Å². The fourth-order valence-corrected chi connectivity index (χ4v) is 1.83. The van der Waals surface area contributed by atoms with Gasteiger partial charge in [-0.1, -0.05) is 30.3 Å². The summed E-state index contributed by atoms with van der Waals surface area (Å²) in [5.41, 5.74) is 2.76. The molecule has 1 N–H and O–H groups in total. The van der Waals surface area contributed by atoms with Crippen LogP contribution in [-0.2, 0) is 6.61 Å². The van der Waals surface area contributed by atoms with Gasteiger partial charge in [-0.3, -0.25) is 0 Å². The molecule has 2 rings (SSSR count). The maximum absolute atomic E-state index is 9.15. The lowest BCUT2D eigenvalue weighted by molar-refractivity contribution is 0.215. The number of aromatic nitrogens is 1. The fourth-order valence-electron chi connectivity index (χ4n) is 1.83. The Hall–Kier alpha value is -1.87. The van der Waals surface area contributed by atoms with Crippen molar-refractivity contribution >= 4 is 0 Å². The van der Waals surface area contributed by atoms with Gasteiger partial charge in [-0.15, -0.1) is 0 Å². The van der Waals surface area contributed by atoms with Gasteiger partial charge in [0.1, 0.15) is 6.10 Å². The smallest absolute Gasteiger partial charge is 0.214 e. The molecule has 1 aromatic heterocycles. The zero-order valence-corrected chi connectivity index (χ0v) is 10.6. The number of pyridine rings is 1. The van der Waals surface area contributed by atoms with Crippen LogP contribution >= 0.6 is 0 Å². The van der Waals surface area contributed by atoms with E-state index in [1.165, 1.54) is 0 Å². The van der Waals surface area contributed by atoms with Crippen LogP contribution < -0.4 is 4.74 Å². The summed E-state index contributed by atoms with van der Waals surface area (Å²) in [6, 6.07) is 13.6. The molecule has 3 heteroatoms. The van der Waals surface area contributed by atoms with E-state index in [0.29, 0.717) is 5.88 Å². The van der Waals surface area contributed by atoms with Gasteiger partial charge in [0.05, 0.1) is 6.61 Å². The van der Waals surface area contributed by atoms with E-state index in [2.05, 4.69) is 4.98 Å². The van der Waals surface area contributed by atoms with Crippen molar-refractivity contribution in [2.24, 2.45) is 0 Å². The summed E-state index contributed by atoms with van der Waals surface area (Å²) in [5, 5.41) is 9.15.